The second-order valence-electron chi connectivity index (χ2n) is 8.99. The molecule has 3 heterocycles. The number of hydrogen-bond donors (Lipinski definition) is 2. The van der Waals surface area contributed by atoms with Gasteiger partial charge in [-0.3, -0.25) is 0 Å². The fourth-order valence-corrected chi connectivity index (χ4v) is 4.97. The molecule has 9 heteroatoms. The molecule has 2 N–H and O–H groups in total. The first-order chi connectivity index (χ1) is 15.3. The molecule has 0 unspecified atom stereocenters. The quantitative estimate of drug-likeness (QED) is 0.645. The van der Waals surface area contributed by atoms with Crippen LogP contribution in [0.4, 0.5) is 9.18 Å². The number of halogens is 1. The lowest BCUT2D eigenvalue weighted by Gasteiger charge is -2.31. The Bertz CT molecular complexity index is 1200. The predicted octanol–water partition coefficient (Wildman–Crippen LogP) is 3.67. The first-order valence-corrected chi connectivity index (χ1v) is 11.0. The SMILES string of the molecule is Cc1nc(C2CC(O)C2)cc(-n2nc(F)c3cc(C)c(C4CCN(C(=O)O)CC4)cc32)n1. The Kier molecular flexibility index (Phi) is 5.08. The Morgan fingerprint density at radius 2 is 1.81 bits per heavy atom. The fourth-order valence-electron chi connectivity index (χ4n) is 4.97. The van der Waals surface area contributed by atoms with Crippen molar-refractivity contribution in [2.75, 3.05) is 13.1 Å². The van der Waals surface area contributed by atoms with Gasteiger partial charge in [-0.05, 0) is 68.7 Å². The maximum Gasteiger partial charge on any atom is 0.407 e. The van der Waals surface area contributed by atoms with Crippen LogP contribution in [0.25, 0.3) is 16.7 Å². The van der Waals surface area contributed by atoms with Crippen molar-refractivity contribution in [1.82, 2.24) is 24.6 Å². The summed E-state index contributed by atoms with van der Waals surface area (Å²) in [5.41, 5.74) is 3.56. The Labute approximate surface area is 184 Å². The van der Waals surface area contributed by atoms with Crippen molar-refractivity contribution in [2.45, 2.75) is 57.5 Å². The van der Waals surface area contributed by atoms with E-state index in [2.05, 4.69) is 15.1 Å². The van der Waals surface area contributed by atoms with Gasteiger partial charge in [-0.2, -0.15) is 4.39 Å². The second kappa shape index (κ2) is 7.81. The molecule has 168 valence electrons. The number of hydrogen-bond acceptors (Lipinski definition) is 5. The van der Waals surface area contributed by atoms with E-state index in [1.54, 1.807) is 6.92 Å². The summed E-state index contributed by atoms with van der Waals surface area (Å²) in [6, 6.07) is 5.64. The molecule has 1 amide bonds. The summed E-state index contributed by atoms with van der Waals surface area (Å²) >= 11 is 0. The van der Waals surface area contributed by atoms with E-state index in [9.17, 15) is 19.4 Å². The smallest absolute Gasteiger partial charge is 0.407 e. The Morgan fingerprint density at radius 1 is 1.09 bits per heavy atom. The summed E-state index contributed by atoms with van der Waals surface area (Å²) in [5, 5.41) is 23.5. The molecule has 3 aromatic rings. The maximum absolute atomic E-state index is 14.8. The number of aryl methyl sites for hydroxylation is 2. The molecule has 1 saturated heterocycles. The largest absolute Gasteiger partial charge is 0.465 e. The minimum absolute atomic E-state index is 0.175. The highest BCUT2D eigenvalue weighted by molar-refractivity contribution is 5.82. The number of aromatic nitrogens is 4. The number of aliphatic hydroxyl groups is 1. The first kappa shape index (κ1) is 20.8. The second-order valence-corrected chi connectivity index (χ2v) is 8.99. The van der Waals surface area contributed by atoms with Gasteiger partial charge in [0.2, 0.25) is 5.95 Å². The van der Waals surface area contributed by atoms with E-state index >= 15 is 0 Å². The van der Waals surface area contributed by atoms with Gasteiger partial charge < -0.3 is 15.1 Å². The van der Waals surface area contributed by atoms with Gasteiger partial charge in [0.1, 0.15) is 5.82 Å². The van der Waals surface area contributed by atoms with Gasteiger partial charge in [0.25, 0.3) is 0 Å². The van der Waals surface area contributed by atoms with E-state index in [1.807, 2.05) is 25.1 Å². The zero-order valence-electron chi connectivity index (χ0n) is 18.1. The number of amides is 1. The Morgan fingerprint density at radius 3 is 2.47 bits per heavy atom. The fraction of sp³-hybridized carbons (Fsp3) is 0.478. The molecule has 0 radical (unpaired) electrons. The van der Waals surface area contributed by atoms with E-state index in [4.69, 9.17) is 0 Å². The van der Waals surface area contributed by atoms with Gasteiger partial charge in [0.15, 0.2) is 5.82 Å². The normalized spacial score (nSPS) is 21.7. The molecule has 1 saturated carbocycles. The van der Waals surface area contributed by atoms with Crippen molar-refractivity contribution < 1.29 is 19.4 Å². The molecular weight excluding hydrogens is 413 g/mol. The van der Waals surface area contributed by atoms with Crippen LogP contribution in [0.1, 0.15) is 60.2 Å². The number of fused-ring (bicyclic) bond motifs is 1. The highest BCUT2D eigenvalue weighted by Crippen LogP contribution is 2.37. The van der Waals surface area contributed by atoms with Gasteiger partial charge in [-0.15, -0.1) is 5.10 Å². The number of benzene rings is 1. The van der Waals surface area contributed by atoms with Crippen molar-refractivity contribution in [2.24, 2.45) is 0 Å². The van der Waals surface area contributed by atoms with E-state index < -0.39 is 12.0 Å². The van der Waals surface area contributed by atoms with Crippen molar-refractivity contribution in [3.8, 4) is 5.82 Å². The topological polar surface area (TPSA) is 104 Å². The van der Waals surface area contributed by atoms with Crippen LogP contribution in [0.3, 0.4) is 0 Å². The summed E-state index contributed by atoms with van der Waals surface area (Å²) in [7, 11) is 0. The standard InChI is InChI=1S/C23H26FN5O3/c1-12-7-18-20(10-17(12)14-3-5-28(6-4-14)23(31)32)29(27-22(18)24)21-11-19(25-13(2)26-21)15-8-16(30)9-15/h7,10-11,14-16,30H,3-6,8-9H2,1-2H3,(H,31,32). The summed E-state index contributed by atoms with van der Waals surface area (Å²) in [4.78, 5) is 21.7. The Hall–Kier alpha value is -3.07. The van der Waals surface area contributed by atoms with Crippen molar-refractivity contribution in [3.63, 3.8) is 0 Å². The Balaban J connectivity index is 1.54. The number of carbonyl (C=O) groups is 1. The molecule has 2 fully saturated rings. The minimum atomic E-state index is -0.885. The van der Waals surface area contributed by atoms with Crippen molar-refractivity contribution in [3.05, 3.63) is 46.8 Å². The molecule has 0 atom stereocenters. The third-order valence-electron chi connectivity index (χ3n) is 6.82. The average Bonchev–Trinajstić information content (AvgIpc) is 3.06. The highest BCUT2D eigenvalue weighted by atomic mass is 19.1. The lowest BCUT2D eigenvalue weighted by atomic mass is 9.80. The van der Waals surface area contributed by atoms with Crippen molar-refractivity contribution in [1.29, 1.82) is 0 Å². The molecule has 2 aromatic heterocycles. The van der Waals surface area contributed by atoms with Crippen LogP contribution >= 0.6 is 0 Å². The lowest BCUT2D eigenvalue weighted by Crippen LogP contribution is -2.36. The number of rotatable bonds is 3. The molecule has 8 nitrogen and oxygen atoms in total. The number of piperidine rings is 1. The number of carboxylic acid groups (broad SMARTS) is 1. The highest BCUT2D eigenvalue weighted by Gasteiger charge is 2.31. The van der Waals surface area contributed by atoms with Gasteiger partial charge in [0, 0.05) is 30.8 Å². The molecule has 32 heavy (non-hydrogen) atoms. The molecule has 1 aromatic carbocycles. The number of aliphatic hydroxyl groups excluding tert-OH is 1. The first-order valence-electron chi connectivity index (χ1n) is 11.0. The van der Waals surface area contributed by atoms with E-state index in [0.717, 1.165) is 29.7 Å². The molecule has 0 bridgehead atoms. The van der Waals surface area contributed by atoms with Crippen LogP contribution in [0.2, 0.25) is 0 Å². The molecule has 1 aliphatic carbocycles. The summed E-state index contributed by atoms with van der Waals surface area (Å²) in [5.74, 6) is 0.928. The van der Waals surface area contributed by atoms with Crippen LogP contribution in [0.15, 0.2) is 18.2 Å². The number of likely N-dealkylation sites (tertiary alicyclic amines) is 1. The third kappa shape index (κ3) is 3.60. The zero-order valence-corrected chi connectivity index (χ0v) is 18.1. The van der Waals surface area contributed by atoms with Crippen molar-refractivity contribution >= 4 is 17.0 Å². The summed E-state index contributed by atoms with van der Waals surface area (Å²) in [6.45, 7) is 4.75. The van der Waals surface area contributed by atoms with Gasteiger partial charge in [0.05, 0.1) is 17.0 Å². The van der Waals surface area contributed by atoms with Gasteiger partial charge in [-0.25, -0.2) is 19.4 Å². The van der Waals surface area contributed by atoms with Crippen LogP contribution in [-0.2, 0) is 0 Å². The molecular formula is C23H26FN5O3. The molecule has 2 aliphatic rings. The van der Waals surface area contributed by atoms with Crippen LogP contribution < -0.4 is 0 Å². The average molecular weight is 439 g/mol. The van der Waals surface area contributed by atoms with E-state index in [1.165, 1.54) is 9.58 Å². The third-order valence-corrected chi connectivity index (χ3v) is 6.82. The minimum Gasteiger partial charge on any atom is -0.465 e. The number of nitrogens with zero attached hydrogens (tertiary/aromatic N) is 5. The van der Waals surface area contributed by atoms with Crippen LogP contribution in [-0.4, -0.2) is 60.1 Å². The van der Waals surface area contributed by atoms with Gasteiger partial charge in [-0.1, -0.05) is 0 Å². The molecule has 5 rings (SSSR count). The van der Waals surface area contributed by atoms with Gasteiger partial charge >= 0.3 is 6.09 Å². The van der Waals surface area contributed by atoms with Crippen LogP contribution in [0.5, 0.6) is 0 Å². The summed E-state index contributed by atoms with van der Waals surface area (Å²) < 4.78 is 16.3. The summed E-state index contributed by atoms with van der Waals surface area (Å²) in [6.07, 6.45) is 1.63. The lowest BCUT2D eigenvalue weighted by molar-refractivity contribution is 0.0731. The zero-order chi connectivity index (χ0) is 22.6. The van der Waals surface area contributed by atoms with Crippen LogP contribution in [0, 0.1) is 19.8 Å². The maximum atomic E-state index is 14.8. The predicted molar refractivity (Wildman–Crippen MR) is 116 cm³/mol. The molecule has 1 aliphatic heterocycles. The van der Waals surface area contributed by atoms with E-state index in [-0.39, 0.29) is 17.9 Å². The molecule has 0 spiro atoms. The van der Waals surface area contributed by atoms with E-state index in [0.29, 0.717) is 48.5 Å². The monoisotopic (exact) mass is 439 g/mol.